The molecule has 0 saturated heterocycles. The molecular formula is C17H18NO6P. The van der Waals surface area contributed by atoms with Crippen LogP contribution in [-0.4, -0.2) is 32.8 Å². The first-order valence-corrected chi connectivity index (χ1v) is 9.09. The summed E-state index contributed by atoms with van der Waals surface area (Å²) in [5, 5.41) is 3.22. The highest BCUT2D eigenvalue weighted by molar-refractivity contribution is 7.45. The summed E-state index contributed by atoms with van der Waals surface area (Å²) in [6, 6.07) is 12.5. The van der Waals surface area contributed by atoms with E-state index in [-0.39, 0.29) is 11.6 Å². The Morgan fingerprint density at radius 3 is 1.88 bits per heavy atom. The zero-order chi connectivity index (χ0) is 18.6. The van der Waals surface area contributed by atoms with Crippen molar-refractivity contribution in [3.63, 3.8) is 0 Å². The van der Waals surface area contributed by atoms with Gasteiger partial charge in [-0.1, -0.05) is 37.3 Å². The molecule has 2 aromatic carbocycles. The topological polar surface area (TPSA) is 124 Å². The van der Waals surface area contributed by atoms with E-state index in [2.05, 4.69) is 5.32 Å². The maximum absolute atomic E-state index is 12.5. The molecule has 0 radical (unpaired) electrons. The van der Waals surface area contributed by atoms with Gasteiger partial charge in [-0.2, -0.15) is 0 Å². The molecule has 4 N–H and O–H groups in total. The van der Waals surface area contributed by atoms with E-state index < -0.39 is 7.82 Å². The lowest BCUT2D eigenvalue weighted by atomic mass is 9.83. The smallest absolute Gasteiger partial charge is 0.313 e. The number of carbonyl (C=O) groups is 2. The number of nitrogens with one attached hydrogen (secondary N) is 1. The van der Waals surface area contributed by atoms with E-state index in [0.717, 1.165) is 12.1 Å². The Morgan fingerprint density at radius 1 is 0.880 bits per heavy atom. The van der Waals surface area contributed by atoms with Crippen LogP contribution in [0.4, 0.5) is 0 Å². The van der Waals surface area contributed by atoms with Gasteiger partial charge in [-0.3, -0.25) is 9.59 Å². The summed E-state index contributed by atoms with van der Waals surface area (Å²) >= 11 is 0. The fraction of sp³-hybridized carbons (Fsp3) is 0.176. The van der Waals surface area contributed by atoms with Crippen molar-refractivity contribution in [1.82, 2.24) is 5.32 Å². The first-order chi connectivity index (χ1) is 11.7. The predicted molar refractivity (Wildman–Crippen MR) is 91.4 cm³/mol. The molecule has 0 aromatic heterocycles. The van der Waals surface area contributed by atoms with Crippen molar-refractivity contribution < 1.29 is 28.8 Å². The van der Waals surface area contributed by atoms with Gasteiger partial charge in [0.2, 0.25) is 0 Å². The minimum Gasteiger partial charge on any atom is -0.313 e. The van der Waals surface area contributed by atoms with Crippen LogP contribution in [-0.2, 0) is 11.1 Å². The highest BCUT2D eigenvalue weighted by atomic mass is 31.2. The van der Waals surface area contributed by atoms with E-state index in [1.807, 2.05) is 19.1 Å². The minimum atomic E-state index is -4.64. The quantitative estimate of drug-likeness (QED) is 0.522. The minimum absolute atomic E-state index is 0.0615. The predicted octanol–water partition coefficient (Wildman–Crippen LogP) is 1.64. The molecule has 132 valence electrons. The van der Waals surface area contributed by atoms with Crippen molar-refractivity contribution in [2.75, 3.05) is 6.54 Å². The van der Waals surface area contributed by atoms with Crippen molar-refractivity contribution in [3.05, 3.63) is 70.3 Å². The van der Waals surface area contributed by atoms with E-state index >= 15 is 0 Å². The number of fused-ring (bicyclic) bond motifs is 2. The number of hydrogen-bond donors (Lipinski definition) is 4. The van der Waals surface area contributed by atoms with Gasteiger partial charge < -0.3 is 20.0 Å². The molecule has 2 aromatic rings. The normalized spacial score (nSPS) is 12.8. The van der Waals surface area contributed by atoms with Crippen molar-refractivity contribution in [2.24, 2.45) is 0 Å². The molecule has 0 unspecified atom stereocenters. The number of ketones is 2. The third kappa shape index (κ3) is 4.92. The summed E-state index contributed by atoms with van der Waals surface area (Å²) in [5.41, 5.74) is 3.05. The van der Waals surface area contributed by atoms with Crippen LogP contribution < -0.4 is 5.32 Å². The van der Waals surface area contributed by atoms with Gasteiger partial charge in [-0.05, 0) is 24.2 Å². The van der Waals surface area contributed by atoms with Crippen molar-refractivity contribution in [1.29, 1.82) is 0 Å². The average molecular weight is 363 g/mol. The highest BCUT2D eigenvalue weighted by Gasteiger charge is 2.29. The molecule has 0 bridgehead atoms. The van der Waals surface area contributed by atoms with Gasteiger partial charge in [0.05, 0.1) is 0 Å². The molecule has 3 rings (SSSR count). The van der Waals surface area contributed by atoms with Gasteiger partial charge in [0.15, 0.2) is 11.6 Å². The molecule has 7 nitrogen and oxygen atoms in total. The summed E-state index contributed by atoms with van der Waals surface area (Å²) in [7, 11) is -4.64. The van der Waals surface area contributed by atoms with Crippen molar-refractivity contribution in [2.45, 2.75) is 13.5 Å². The number of rotatable bonds is 3. The molecule has 25 heavy (non-hydrogen) atoms. The average Bonchev–Trinajstić information content (AvgIpc) is 2.56. The molecule has 0 aliphatic heterocycles. The highest BCUT2D eigenvalue weighted by Crippen LogP contribution is 2.28. The van der Waals surface area contributed by atoms with Crippen molar-refractivity contribution >= 4 is 19.4 Å². The lowest BCUT2D eigenvalue weighted by Gasteiger charge is -2.18. The Hall–Kier alpha value is -2.15. The number of hydrogen-bond acceptors (Lipinski definition) is 4. The number of benzene rings is 2. The van der Waals surface area contributed by atoms with Crippen LogP contribution in [0, 0.1) is 0 Å². The van der Waals surface area contributed by atoms with E-state index in [1.54, 1.807) is 30.3 Å². The van der Waals surface area contributed by atoms with Gasteiger partial charge in [0, 0.05) is 28.8 Å². The number of phosphoric acid groups is 1. The second-order valence-electron chi connectivity index (χ2n) is 5.38. The molecule has 0 heterocycles. The third-order valence-electron chi connectivity index (χ3n) is 3.57. The van der Waals surface area contributed by atoms with E-state index in [4.69, 9.17) is 19.2 Å². The summed E-state index contributed by atoms with van der Waals surface area (Å²) < 4.78 is 8.88. The Labute approximate surface area is 144 Å². The summed E-state index contributed by atoms with van der Waals surface area (Å²) in [6.45, 7) is 3.60. The van der Waals surface area contributed by atoms with Crippen LogP contribution in [0.15, 0.2) is 42.5 Å². The van der Waals surface area contributed by atoms with Crippen LogP contribution in [0.2, 0.25) is 0 Å². The van der Waals surface area contributed by atoms with Gasteiger partial charge in [0.25, 0.3) is 0 Å². The van der Waals surface area contributed by atoms with Gasteiger partial charge in [-0.15, -0.1) is 0 Å². The fourth-order valence-corrected chi connectivity index (χ4v) is 2.53. The maximum Gasteiger partial charge on any atom is 0.466 e. The Balaban J connectivity index is 0.000000399. The molecule has 1 aliphatic rings. The molecule has 0 spiro atoms. The van der Waals surface area contributed by atoms with Gasteiger partial charge >= 0.3 is 7.82 Å². The molecule has 0 amide bonds. The maximum atomic E-state index is 12.5. The van der Waals surface area contributed by atoms with Crippen LogP contribution in [0.5, 0.6) is 0 Å². The largest absolute Gasteiger partial charge is 0.466 e. The first kappa shape index (κ1) is 19.2. The van der Waals surface area contributed by atoms with Crippen LogP contribution in [0.3, 0.4) is 0 Å². The molecule has 1 aliphatic carbocycles. The monoisotopic (exact) mass is 363 g/mol. The van der Waals surface area contributed by atoms with E-state index in [9.17, 15) is 9.59 Å². The number of carbonyl (C=O) groups excluding carboxylic acids is 2. The molecule has 0 fully saturated rings. The second-order valence-corrected chi connectivity index (χ2v) is 6.40. The van der Waals surface area contributed by atoms with Crippen LogP contribution >= 0.6 is 7.82 Å². The Kier molecular flexibility index (Phi) is 6.00. The Bertz CT molecular complexity index is 850. The van der Waals surface area contributed by atoms with Crippen molar-refractivity contribution in [3.8, 4) is 0 Å². The summed E-state index contributed by atoms with van der Waals surface area (Å²) in [6.07, 6.45) is 0. The lowest BCUT2D eigenvalue weighted by Crippen LogP contribution is -2.21. The van der Waals surface area contributed by atoms with Crippen LogP contribution in [0.1, 0.15) is 44.3 Å². The zero-order valence-corrected chi connectivity index (χ0v) is 14.4. The molecule has 8 heteroatoms. The summed E-state index contributed by atoms with van der Waals surface area (Å²) in [5.74, 6) is -0.126. The van der Waals surface area contributed by atoms with E-state index in [1.165, 1.54) is 0 Å². The van der Waals surface area contributed by atoms with Gasteiger partial charge in [-0.25, -0.2) is 4.57 Å². The van der Waals surface area contributed by atoms with Crippen LogP contribution in [0.25, 0.3) is 0 Å². The lowest BCUT2D eigenvalue weighted by molar-refractivity contribution is 0.0979. The molecule has 0 saturated carbocycles. The SMILES string of the molecule is CCNCc1ccc2c(c1)C(=O)c1ccccc1C2=O.O=P(O)(O)O. The molecule has 0 atom stereocenters. The summed E-state index contributed by atoms with van der Waals surface area (Å²) in [4.78, 5) is 46.5. The second kappa shape index (κ2) is 7.82. The van der Waals surface area contributed by atoms with E-state index in [0.29, 0.717) is 28.8 Å². The standard InChI is InChI=1S/C17H15NO2.H3O4P/c1-2-18-10-11-7-8-14-15(9-11)17(20)13-6-4-3-5-12(13)16(14)19;1-5(2,3)4/h3-9,18H,2,10H2,1H3;(H3,1,2,3,4). The Morgan fingerprint density at radius 2 is 1.36 bits per heavy atom. The zero-order valence-electron chi connectivity index (χ0n) is 13.5. The fourth-order valence-electron chi connectivity index (χ4n) is 2.53. The third-order valence-corrected chi connectivity index (χ3v) is 3.57. The molecular weight excluding hydrogens is 345 g/mol. The van der Waals surface area contributed by atoms with Gasteiger partial charge in [0.1, 0.15) is 0 Å². The first-order valence-electron chi connectivity index (χ1n) is 7.52.